The molecule has 0 aliphatic rings. The van der Waals surface area contributed by atoms with Crippen LogP contribution in [0.1, 0.15) is 31.7 Å². The molecule has 0 radical (unpaired) electrons. The number of anilines is 1. The lowest BCUT2D eigenvalue weighted by Gasteiger charge is -2.25. The summed E-state index contributed by atoms with van der Waals surface area (Å²) < 4.78 is 40.7. The van der Waals surface area contributed by atoms with Gasteiger partial charge in [0.1, 0.15) is 0 Å². The molecule has 7 heteroatoms. The van der Waals surface area contributed by atoms with Crippen LogP contribution in [0.15, 0.2) is 30.3 Å². The summed E-state index contributed by atoms with van der Waals surface area (Å²) in [5, 5.41) is 3.22. The number of benzene rings is 1. The molecule has 2 aromatic rings. The van der Waals surface area contributed by atoms with Gasteiger partial charge in [-0.25, -0.2) is 0 Å². The smallest absolute Gasteiger partial charge is 0.355 e. The largest absolute Gasteiger partial charge is 0.452 e. The van der Waals surface area contributed by atoms with Gasteiger partial charge in [0.15, 0.2) is 0 Å². The number of rotatable bonds is 5. The lowest BCUT2D eigenvalue weighted by Crippen LogP contribution is -2.31. The first kappa shape index (κ1) is 15.8. The van der Waals surface area contributed by atoms with Gasteiger partial charge in [0.05, 0.1) is 0 Å². The molecule has 2 rings (SSSR count). The fourth-order valence-corrected chi connectivity index (χ4v) is 2.61. The van der Waals surface area contributed by atoms with Crippen molar-refractivity contribution in [2.75, 3.05) is 5.32 Å². The molecule has 1 N–H and O–H groups in total. The van der Waals surface area contributed by atoms with Crippen LogP contribution in [0.4, 0.5) is 18.3 Å². The van der Waals surface area contributed by atoms with Crippen molar-refractivity contribution in [3.8, 4) is 0 Å². The lowest BCUT2D eigenvalue weighted by atomic mass is 9.95. The van der Waals surface area contributed by atoms with E-state index in [4.69, 9.17) is 0 Å². The van der Waals surface area contributed by atoms with Crippen molar-refractivity contribution in [3.63, 3.8) is 0 Å². The molecule has 0 amide bonds. The maximum absolute atomic E-state index is 12.5. The molecule has 0 aliphatic heterocycles. The molecule has 0 saturated carbocycles. The van der Waals surface area contributed by atoms with Crippen molar-refractivity contribution in [2.45, 2.75) is 38.4 Å². The second kappa shape index (κ2) is 6.01. The van der Waals surface area contributed by atoms with E-state index in [1.165, 1.54) is 5.56 Å². The van der Waals surface area contributed by atoms with Crippen LogP contribution in [0.3, 0.4) is 0 Å². The van der Waals surface area contributed by atoms with Gasteiger partial charge in [0.2, 0.25) is 11.0 Å². The fraction of sp³-hybridized carbons (Fsp3) is 0.429. The normalized spacial score (nSPS) is 12.4. The minimum atomic E-state index is -4.50. The fourth-order valence-electron chi connectivity index (χ4n) is 1.84. The number of hydrogen-bond acceptors (Lipinski definition) is 4. The topological polar surface area (TPSA) is 37.8 Å². The molecule has 1 heterocycles. The predicted molar refractivity (Wildman–Crippen MR) is 77.4 cm³/mol. The van der Waals surface area contributed by atoms with E-state index >= 15 is 0 Å². The van der Waals surface area contributed by atoms with Crippen LogP contribution in [0, 0.1) is 0 Å². The zero-order valence-electron chi connectivity index (χ0n) is 11.7. The number of nitrogens with zero attached hydrogens (tertiary/aromatic N) is 2. The molecule has 0 fully saturated rings. The molecule has 1 aromatic carbocycles. The van der Waals surface area contributed by atoms with Crippen molar-refractivity contribution in [1.82, 2.24) is 9.36 Å². The van der Waals surface area contributed by atoms with Gasteiger partial charge in [-0.15, -0.1) is 0 Å². The van der Waals surface area contributed by atoms with E-state index in [1.807, 2.05) is 44.2 Å². The minimum Gasteiger partial charge on any atom is -0.355 e. The molecule has 21 heavy (non-hydrogen) atoms. The number of hydrogen-bond donors (Lipinski definition) is 1. The predicted octanol–water partition coefficient (Wildman–Crippen LogP) is 4.38. The Labute approximate surface area is 125 Å². The second-order valence-electron chi connectivity index (χ2n) is 5.42. The summed E-state index contributed by atoms with van der Waals surface area (Å²) >= 11 is 0.733. The molecular weight excluding hydrogens is 299 g/mol. The molecule has 0 aliphatic carbocycles. The number of alkyl halides is 3. The van der Waals surface area contributed by atoms with Crippen molar-refractivity contribution in [3.05, 3.63) is 41.7 Å². The van der Waals surface area contributed by atoms with Crippen LogP contribution in [0.25, 0.3) is 0 Å². The second-order valence-corrected chi connectivity index (χ2v) is 6.17. The van der Waals surface area contributed by atoms with Crippen molar-refractivity contribution >= 4 is 16.7 Å². The Morgan fingerprint density at radius 2 is 1.81 bits per heavy atom. The van der Waals surface area contributed by atoms with E-state index in [2.05, 4.69) is 14.7 Å². The van der Waals surface area contributed by atoms with Crippen LogP contribution >= 0.6 is 11.5 Å². The van der Waals surface area contributed by atoms with Gasteiger partial charge in [-0.3, -0.25) is 0 Å². The summed E-state index contributed by atoms with van der Waals surface area (Å²) in [5.41, 5.74) is 0.832. The third-order valence-electron chi connectivity index (χ3n) is 3.01. The quantitative estimate of drug-likeness (QED) is 0.890. The Morgan fingerprint density at radius 3 is 2.38 bits per heavy atom. The zero-order chi connectivity index (χ0) is 15.5. The van der Waals surface area contributed by atoms with Gasteiger partial charge in [-0.2, -0.15) is 22.5 Å². The van der Waals surface area contributed by atoms with E-state index in [-0.39, 0.29) is 10.7 Å². The van der Waals surface area contributed by atoms with E-state index < -0.39 is 12.0 Å². The monoisotopic (exact) mass is 315 g/mol. The first-order chi connectivity index (χ1) is 9.76. The first-order valence-corrected chi connectivity index (χ1v) is 7.27. The van der Waals surface area contributed by atoms with E-state index in [0.717, 1.165) is 24.4 Å². The number of nitrogens with one attached hydrogen (secondary N) is 1. The Morgan fingerprint density at radius 1 is 1.14 bits per heavy atom. The van der Waals surface area contributed by atoms with Crippen LogP contribution in [-0.4, -0.2) is 14.9 Å². The number of aryl methyl sites for hydroxylation is 1. The molecule has 3 nitrogen and oxygen atoms in total. The Balaban J connectivity index is 1.96. The third-order valence-corrected chi connectivity index (χ3v) is 3.64. The molecular formula is C14H16F3N3S. The van der Waals surface area contributed by atoms with Gasteiger partial charge < -0.3 is 5.32 Å². The summed E-state index contributed by atoms with van der Waals surface area (Å²) in [6.45, 7) is 3.87. The molecule has 0 bridgehead atoms. The van der Waals surface area contributed by atoms with Crippen LogP contribution < -0.4 is 5.32 Å². The first-order valence-electron chi connectivity index (χ1n) is 6.49. The van der Waals surface area contributed by atoms with Crippen LogP contribution in [0.2, 0.25) is 0 Å². The van der Waals surface area contributed by atoms with Gasteiger partial charge in [0, 0.05) is 17.1 Å². The van der Waals surface area contributed by atoms with Crippen molar-refractivity contribution < 1.29 is 13.2 Å². The van der Waals surface area contributed by atoms with Crippen molar-refractivity contribution in [2.24, 2.45) is 0 Å². The molecule has 0 atom stereocenters. The molecule has 0 saturated heterocycles. The highest BCUT2D eigenvalue weighted by molar-refractivity contribution is 7.09. The highest BCUT2D eigenvalue weighted by Gasteiger charge is 2.36. The Hall–Kier alpha value is -1.63. The minimum absolute atomic E-state index is 0.195. The molecule has 0 spiro atoms. The van der Waals surface area contributed by atoms with Gasteiger partial charge in [-0.1, -0.05) is 30.3 Å². The van der Waals surface area contributed by atoms with E-state index in [0.29, 0.717) is 0 Å². The van der Waals surface area contributed by atoms with Gasteiger partial charge in [-0.05, 0) is 32.3 Å². The van der Waals surface area contributed by atoms with E-state index in [9.17, 15) is 13.2 Å². The molecule has 1 aromatic heterocycles. The van der Waals surface area contributed by atoms with Crippen LogP contribution in [-0.2, 0) is 12.6 Å². The number of halogens is 3. The maximum Gasteiger partial charge on any atom is 0.452 e. The molecule has 114 valence electrons. The van der Waals surface area contributed by atoms with Crippen LogP contribution in [0.5, 0.6) is 0 Å². The van der Waals surface area contributed by atoms with E-state index in [1.54, 1.807) is 0 Å². The standard InChI is InChI=1S/C14H16F3N3S/c1-13(2,9-8-10-6-4-3-5-7-10)19-12-18-11(20-21-12)14(15,16)17/h3-7H,8-9H2,1-2H3,(H,18,19,20). The summed E-state index contributed by atoms with van der Waals surface area (Å²) in [4.78, 5) is 3.49. The summed E-state index contributed by atoms with van der Waals surface area (Å²) in [7, 11) is 0. The third kappa shape index (κ3) is 4.70. The maximum atomic E-state index is 12.5. The zero-order valence-corrected chi connectivity index (χ0v) is 12.6. The highest BCUT2D eigenvalue weighted by Crippen LogP contribution is 2.30. The average Bonchev–Trinajstić information content (AvgIpc) is 2.85. The van der Waals surface area contributed by atoms with Gasteiger partial charge >= 0.3 is 6.18 Å². The van der Waals surface area contributed by atoms with Crippen molar-refractivity contribution in [1.29, 1.82) is 0 Å². The van der Waals surface area contributed by atoms with Gasteiger partial charge in [0.25, 0.3) is 0 Å². The highest BCUT2D eigenvalue weighted by atomic mass is 32.1. The number of aromatic nitrogens is 2. The summed E-state index contributed by atoms with van der Waals surface area (Å²) in [5.74, 6) is -1.09. The Kier molecular flexibility index (Phi) is 4.51. The summed E-state index contributed by atoms with van der Waals surface area (Å²) in [6.07, 6.45) is -2.88. The lowest BCUT2D eigenvalue weighted by molar-refractivity contribution is -0.144. The summed E-state index contributed by atoms with van der Waals surface area (Å²) in [6, 6.07) is 9.95. The average molecular weight is 315 g/mol. The Bertz CT molecular complexity index is 579. The molecule has 0 unspecified atom stereocenters. The SMILES string of the molecule is CC(C)(CCc1ccccc1)Nc1nc(C(F)(F)F)ns1.